The number of unbranched alkanes of at least 4 members (excludes halogenated alkanes) is 1. The van der Waals surface area contributed by atoms with E-state index >= 15 is 0 Å². The van der Waals surface area contributed by atoms with Crippen LogP contribution in [0.2, 0.25) is 0 Å². The molecule has 0 aromatic heterocycles. The minimum absolute atomic E-state index is 0.0624. The number of thioether (sulfide) groups is 1. The highest BCUT2D eigenvalue weighted by molar-refractivity contribution is 8.01. The molecule has 2 unspecified atom stereocenters. The number of hydrogen-bond acceptors (Lipinski definition) is 4. The van der Waals surface area contributed by atoms with Crippen LogP contribution in [0.1, 0.15) is 42.7 Å². The van der Waals surface area contributed by atoms with Crippen molar-refractivity contribution in [2.45, 2.75) is 43.4 Å². The van der Waals surface area contributed by atoms with Gasteiger partial charge in [0.15, 0.2) is 0 Å². The van der Waals surface area contributed by atoms with Crippen LogP contribution in [0.3, 0.4) is 0 Å². The molecule has 3 aromatic rings. The molecule has 4 rings (SSSR count). The van der Waals surface area contributed by atoms with Crippen molar-refractivity contribution in [2.24, 2.45) is 0 Å². The van der Waals surface area contributed by atoms with Gasteiger partial charge in [0.05, 0.1) is 5.25 Å². The van der Waals surface area contributed by atoms with Crippen LogP contribution in [0, 0.1) is 0 Å². The maximum Gasteiger partial charge on any atom is 0.241 e. The number of ether oxygens (including phenoxy) is 1. The van der Waals surface area contributed by atoms with Crippen LogP contribution in [0.5, 0.6) is 11.5 Å². The Bertz CT molecular complexity index is 1010. The van der Waals surface area contributed by atoms with E-state index in [-0.39, 0.29) is 22.3 Å². The smallest absolute Gasteiger partial charge is 0.241 e. The van der Waals surface area contributed by atoms with Gasteiger partial charge in [0, 0.05) is 5.69 Å². The van der Waals surface area contributed by atoms with Gasteiger partial charge in [-0.1, -0.05) is 62.2 Å². The first-order chi connectivity index (χ1) is 15.2. The Labute approximate surface area is 187 Å². The van der Waals surface area contributed by atoms with Gasteiger partial charge in [-0.25, -0.2) is 0 Å². The number of nitrogens with zero attached hydrogens (tertiary/aromatic N) is 1. The lowest BCUT2D eigenvalue weighted by atomic mass is 10.1. The largest absolute Gasteiger partial charge is 0.508 e. The molecule has 31 heavy (non-hydrogen) atoms. The Morgan fingerprint density at radius 1 is 1.00 bits per heavy atom. The molecular formula is C26H27NO3S. The molecule has 0 spiro atoms. The van der Waals surface area contributed by atoms with E-state index in [9.17, 15) is 9.90 Å². The number of carbonyl (C=O) groups excluding carboxylic acids is 1. The number of amides is 1. The van der Waals surface area contributed by atoms with Crippen molar-refractivity contribution in [2.75, 3.05) is 4.90 Å². The van der Waals surface area contributed by atoms with E-state index < -0.39 is 0 Å². The third kappa shape index (κ3) is 5.05. The lowest BCUT2D eigenvalue weighted by molar-refractivity contribution is -0.117. The summed E-state index contributed by atoms with van der Waals surface area (Å²) in [5.74, 6) is 1.11. The fourth-order valence-corrected chi connectivity index (χ4v) is 5.22. The lowest BCUT2D eigenvalue weighted by Crippen LogP contribution is -2.31. The number of hydrogen-bond donors (Lipinski definition) is 1. The van der Waals surface area contributed by atoms with E-state index in [1.807, 2.05) is 53.4 Å². The fourth-order valence-electron chi connectivity index (χ4n) is 3.73. The second kappa shape index (κ2) is 9.92. The summed E-state index contributed by atoms with van der Waals surface area (Å²) in [6.07, 6.45) is 2.96. The van der Waals surface area contributed by atoms with Crippen LogP contribution in [-0.2, 0) is 11.4 Å². The highest BCUT2D eigenvalue weighted by Crippen LogP contribution is 2.47. The van der Waals surface area contributed by atoms with Crippen molar-refractivity contribution in [1.29, 1.82) is 0 Å². The Morgan fingerprint density at radius 2 is 1.77 bits per heavy atom. The first-order valence-corrected chi connectivity index (χ1v) is 11.6. The van der Waals surface area contributed by atoms with E-state index in [2.05, 4.69) is 13.0 Å². The molecule has 3 aromatic carbocycles. The van der Waals surface area contributed by atoms with E-state index in [4.69, 9.17) is 4.74 Å². The summed E-state index contributed by atoms with van der Waals surface area (Å²) in [5, 5.41) is 9.49. The molecule has 1 saturated heterocycles. The summed E-state index contributed by atoms with van der Waals surface area (Å²) in [5.41, 5.74) is 2.95. The first-order valence-electron chi connectivity index (χ1n) is 10.7. The van der Waals surface area contributed by atoms with E-state index in [1.54, 1.807) is 36.0 Å². The average Bonchev–Trinajstić information content (AvgIpc) is 3.14. The van der Waals surface area contributed by atoms with Gasteiger partial charge in [-0.2, -0.15) is 0 Å². The number of anilines is 1. The lowest BCUT2D eigenvalue weighted by Gasteiger charge is -2.24. The summed E-state index contributed by atoms with van der Waals surface area (Å²) in [4.78, 5) is 15.1. The Balaban J connectivity index is 1.59. The molecule has 2 atom stereocenters. The van der Waals surface area contributed by atoms with Crippen molar-refractivity contribution >= 4 is 23.4 Å². The molecule has 1 aliphatic rings. The van der Waals surface area contributed by atoms with Crippen molar-refractivity contribution in [3.63, 3.8) is 0 Å². The van der Waals surface area contributed by atoms with E-state index in [1.165, 1.54) is 0 Å². The minimum Gasteiger partial charge on any atom is -0.508 e. The molecular weight excluding hydrogens is 406 g/mol. The van der Waals surface area contributed by atoms with Crippen LogP contribution in [0.4, 0.5) is 5.69 Å². The molecule has 1 aliphatic heterocycles. The number of phenols is 1. The summed E-state index contributed by atoms with van der Waals surface area (Å²) in [7, 11) is 0. The Morgan fingerprint density at radius 3 is 2.52 bits per heavy atom. The van der Waals surface area contributed by atoms with Crippen molar-refractivity contribution in [3.8, 4) is 11.5 Å². The predicted octanol–water partition coefficient (Wildman–Crippen LogP) is 6.31. The zero-order valence-corrected chi connectivity index (χ0v) is 18.4. The zero-order valence-electron chi connectivity index (χ0n) is 17.6. The molecule has 0 bridgehead atoms. The van der Waals surface area contributed by atoms with E-state index in [0.717, 1.165) is 41.8 Å². The molecule has 0 saturated carbocycles. The van der Waals surface area contributed by atoms with Gasteiger partial charge in [-0.05, 0) is 53.9 Å². The Hall–Kier alpha value is -2.92. The van der Waals surface area contributed by atoms with Crippen molar-refractivity contribution < 1.29 is 14.6 Å². The van der Waals surface area contributed by atoms with Gasteiger partial charge < -0.3 is 9.84 Å². The summed E-state index contributed by atoms with van der Waals surface area (Å²) >= 11 is 1.70. The third-order valence-electron chi connectivity index (χ3n) is 5.38. The van der Waals surface area contributed by atoms with Gasteiger partial charge in [0.25, 0.3) is 0 Å². The zero-order chi connectivity index (χ0) is 21.6. The number of benzene rings is 3. The van der Waals surface area contributed by atoms with Crippen LogP contribution in [0.15, 0.2) is 78.9 Å². The number of aromatic hydroxyl groups is 1. The maximum atomic E-state index is 13.3. The number of phenolic OH excluding ortho intramolecular Hbond substituents is 1. The van der Waals surface area contributed by atoms with Crippen LogP contribution < -0.4 is 9.64 Å². The van der Waals surface area contributed by atoms with Crippen molar-refractivity contribution in [3.05, 3.63) is 90.0 Å². The van der Waals surface area contributed by atoms with Gasteiger partial charge in [0.1, 0.15) is 23.5 Å². The van der Waals surface area contributed by atoms with Crippen LogP contribution in [-0.4, -0.2) is 16.3 Å². The molecule has 0 radical (unpaired) electrons. The van der Waals surface area contributed by atoms with Gasteiger partial charge >= 0.3 is 0 Å². The van der Waals surface area contributed by atoms with Crippen LogP contribution >= 0.6 is 11.8 Å². The fraction of sp³-hybridized carbons (Fsp3) is 0.269. The second-order valence-corrected chi connectivity index (χ2v) is 8.98. The topological polar surface area (TPSA) is 49.8 Å². The summed E-state index contributed by atoms with van der Waals surface area (Å²) in [6, 6.07) is 25.0. The Kier molecular flexibility index (Phi) is 6.82. The normalized spacial score (nSPS) is 18.4. The molecule has 1 amide bonds. The predicted molar refractivity (Wildman–Crippen MR) is 126 cm³/mol. The van der Waals surface area contributed by atoms with Gasteiger partial charge in [0.2, 0.25) is 5.91 Å². The number of rotatable bonds is 8. The summed E-state index contributed by atoms with van der Waals surface area (Å²) < 4.78 is 6.02. The highest BCUT2D eigenvalue weighted by Gasteiger charge is 2.41. The van der Waals surface area contributed by atoms with E-state index in [0.29, 0.717) is 6.61 Å². The van der Waals surface area contributed by atoms with Crippen molar-refractivity contribution in [1.82, 2.24) is 0 Å². The third-order valence-corrected chi connectivity index (χ3v) is 6.89. The molecule has 5 heteroatoms. The summed E-state index contributed by atoms with van der Waals surface area (Å²) in [6.45, 7) is 2.65. The maximum absolute atomic E-state index is 13.3. The first kappa shape index (κ1) is 21.3. The second-order valence-electron chi connectivity index (χ2n) is 7.69. The molecule has 0 aliphatic carbocycles. The standard InChI is InChI=1S/C26H27NO3S/c1-2-3-12-24-25(29)27(21-13-15-22(28)16-14-21)26(31-24)20-10-7-11-23(17-20)30-18-19-8-5-4-6-9-19/h4-11,13-17,24,26,28H,2-3,12,18H2,1H3. The minimum atomic E-state index is -0.126. The molecule has 1 heterocycles. The van der Waals surface area contributed by atoms with Crippen LogP contribution in [0.25, 0.3) is 0 Å². The van der Waals surface area contributed by atoms with Gasteiger partial charge in [-0.3, -0.25) is 9.69 Å². The molecule has 160 valence electrons. The SMILES string of the molecule is CCCCC1SC(c2cccc(OCc3ccccc3)c2)N(c2ccc(O)cc2)C1=O. The monoisotopic (exact) mass is 433 g/mol. The van der Waals surface area contributed by atoms with Gasteiger partial charge in [-0.15, -0.1) is 11.8 Å². The quantitative estimate of drug-likeness (QED) is 0.452. The molecule has 1 fully saturated rings. The molecule has 4 nitrogen and oxygen atoms in total. The number of carbonyl (C=O) groups is 1. The highest BCUT2D eigenvalue weighted by atomic mass is 32.2. The average molecular weight is 434 g/mol. The molecule has 1 N–H and O–H groups in total.